The van der Waals surface area contributed by atoms with Crippen LogP contribution >= 0.6 is 0 Å². The van der Waals surface area contributed by atoms with Gasteiger partial charge in [0.15, 0.2) is 0 Å². The molecule has 0 aromatic rings. The first-order valence-corrected chi connectivity index (χ1v) is 3.83. The quantitative estimate of drug-likeness (QED) is 0.520. The van der Waals surface area contributed by atoms with E-state index in [1.807, 2.05) is 0 Å². The van der Waals surface area contributed by atoms with Gasteiger partial charge in [-0.2, -0.15) is 0 Å². The van der Waals surface area contributed by atoms with Crippen molar-refractivity contribution in [2.24, 2.45) is 11.8 Å². The van der Waals surface area contributed by atoms with Crippen LogP contribution in [0.25, 0.3) is 0 Å². The maximum Gasteiger partial charge on any atom is 0.308 e. The van der Waals surface area contributed by atoms with E-state index in [1.54, 1.807) is 0 Å². The molecule has 0 saturated heterocycles. The third-order valence-corrected chi connectivity index (χ3v) is 2.37. The molecule has 58 valence electrons. The molecule has 0 aromatic heterocycles. The first-order chi connectivity index (χ1) is 4.75. The molecule has 0 spiro atoms. The molecule has 2 heteroatoms. The molecule has 1 fully saturated rings. The molecule has 10 heavy (non-hydrogen) atoms. The summed E-state index contributed by atoms with van der Waals surface area (Å²) < 4.78 is 4.67. The molecule has 0 heterocycles. The Bertz CT molecular complexity index is 131. The van der Waals surface area contributed by atoms with E-state index in [4.69, 9.17) is 0 Å². The lowest BCUT2D eigenvalue weighted by molar-refractivity contribution is -0.146. The maximum atomic E-state index is 11.0. The first-order valence-electron chi connectivity index (χ1n) is 3.83. The Morgan fingerprint density at radius 2 is 2.20 bits per heavy atom. The van der Waals surface area contributed by atoms with Gasteiger partial charge < -0.3 is 4.74 Å². The molecule has 0 radical (unpaired) electrons. The fourth-order valence-electron chi connectivity index (χ4n) is 1.65. The van der Waals surface area contributed by atoms with E-state index in [2.05, 4.69) is 11.7 Å². The van der Waals surface area contributed by atoms with Gasteiger partial charge in [0, 0.05) is 0 Å². The molecule has 0 N–H and O–H groups in total. The summed E-state index contributed by atoms with van der Waals surface area (Å²) in [6.07, 6.45) is 3.38. The van der Waals surface area contributed by atoms with Crippen molar-refractivity contribution in [2.45, 2.75) is 26.2 Å². The Labute approximate surface area is 61.6 Å². The summed E-state index contributed by atoms with van der Waals surface area (Å²) >= 11 is 0. The predicted molar refractivity (Wildman–Crippen MR) is 38.5 cm³/mol. The first kappa shape index (κ1) is 7.58. The van der Waals surface area contributed by atoms with Crippen molar-refractivity contribution < 1.29 is 9.53 Å². The van der Waals surface area contributed by atoms with Crippen LogP contribution < -0.4 is 0 Å². The van der Waals surface area contributed by atoms with Gasteiger partial charge in [0.25, 0.3) is 0 Å². The molecule has 0 bridgehead atoms. The zero-order chi connectivity index (χ0) is 7.56. The molecular formula is C8H14O2. The molecule has 1 saturated carbocycles. The molecule has 1 aliphatic carbocycles. The van der Waals surface area contributed by atoms with Crippen LogP contribution in [0.4, 0.5) is 0 Å². The number of ether oxygens (including phenoxy) is 1. The minimum Gasteiger partial charge on any atom is -0.469 e. The van der Waals surface area contributed by atoms with Crippen LogP contribution in [0, 0.1) is 11.8 Å². The van der Waals surface area contributed by atoms with E-state index in [0.29, 0.717) is 5.92 Å². The third kappa shape index (κ3) is 1.31. The zero-order valence-electron chi connectivity index (χ0n) is 6.59. The van der Waals surface area contributed by atoms with E-state index in [9.17, 15) is 4.79 Å². The maximum absolute atomic E-state index is 11.0. The molecule has 0 amide bonds. The molecule has 0 aliphatic heterocycles. The van der Waals surface area contributed by atoms with Crippen LogP contribution in [-0.2, 0) is 9.53 Å². The van der Waals surface area contributed by atoms with Crippen molar-refractivity contribution in [3.05, 3.63) is 0 Å². The summed E-state index contributed by atoms with van der Waals surface area (Å²) in [5, 5.41) is 0. The van der Waals surface area contributed by atoms with Gasteiger partial charge >= 0.3 is 5.97 Å². The van der Waals surface area contributed by atoms with Crippen molar-refractivity contribution in [2.75, 3.05) is 7.11 Å². The lowest BCUT2D eigenvalue weighted by atomic mass is 9.99. The second kappa shape index (κ2) is 3.04. The van der Waals surface area contributed by atoms with Crippen molar-refractivity contribution in [3.8, 4) is 0 Å². The highest BCUT2D eigenvalue weighted by Gasteiger charge is 2.30. The second-order valence-corrected chi connectivity index (χ2v) is 3.04. The Hall–Kier alpha value is -0.530. The van der Waals surface area contributed by atoms with Crippen molar-refractivity contribution in [1.29, 1.82) is 0 Å². The van der Waals surface area contributed by atoms with Crippen LogP contribution in [0.5, 0.6) is 0 Å². The SMILES string of the molecule is COC(=O)[C@H]1CCC[C@H]1C. The van der Waals surface area contributed by atoms with Gasteiger partial charge in [-0.3, -0.25) is 4.79 Å². The molecule has 2 atom stereocenters. The minimum atomic E-state index is -0.0231. The van der Waals surface area contributed by atoms with Gasteiger partial charge in [0.2, 0.25) is 0 Å². The molecule has 0 aromatic carbocycles. The minimum absolute atomic E-state index is 0.0231. The van der Waals surface area contributed by atoms with Crippen molar-refractivity contribution in [1.82, 2.24) is 0 Å². The summed E-state index contributed by atoms with van der Waals surface area (Å²) in [6, 6.07) is 0. The summed E-state index contributed by atoms with van der Waals surface area (Å²) in [4.78, 5) is 11.0. The molecule has 2 nitrogen and oxygen atoms in total. The number of hydrogen-bond donors (Lipinski definition) is 0. The van der Waals surface area contributed by atoms with E-state index in [0.717, 1.165) is 6.42 Å². The fourth-order valence-corrected chi connectivity index (χ4v) is 1.65. The van der Waals surface area contributed by atoms with E-state index in [1.165, 1.54) is 20.0 Å². The topological polar surface area (TPSA) is 26.3 Å². The highest BCUT2D eigenvalue weighted by atomic mass is 16.5. The second-order valence-electron chi connectivity index (χ2n) is 3.04. The Morgan fingerprint density at radius 1 is 1.50 bits per heavy atom. The van der Waals surface area contributed by atoms with Gasteiger partial charge in [-0.15, -0.1) is 0 Å². The van der Waals surface area contributed by atoms with Gasteiger partial charge in [-0.05, 0) is 18.8 Å². The smallest absolute Gasteiger partial charge is 0.308 e. The van der Waals surface area contributed by atoms with Crippen LogP contribution in [0.2, 0.25) is 0 Å². The largest absolute Gasteiger partial charge is 0.469 e. The fraction of sp³-hybridized carbons (Fsp3) is 0.875. The Morgan fingerprint density at radius 3 is 2.60 bits per heavy atom. The van der Waals surface area contributed by atoms with E-state index >= 15 is 0 Å². The summed E-state index contributed by atoms with van der Waals surface area (Å²) in [6.45, 7) is 2.12. The van der Waals surface area contributed by atoms with Gasteiger partial charge in [-0.25, -0.2) is 0 Å². The lowest BCUT2D eigenvalue weighted by Gasteiger charge is -2.11. The summed E-state index contributed by atoms with van der Waals surface area (Å²) in [5.41, 5.74) is 0. The highest BCUT2D eigenvalue weighted by molar-refractivity contribution is 5.72. The van der Waals surface area contributed by atoms with Crippen LogP contribution in [-0.4, -0.2) is 13.1 Å². The highest BCUT2D eigenvalue weighted by Crippen LogP contribution is 2.31. The molecule has 1 aliphatic rings. The third-order valence-electron chi connectivity index (χ3n) is 2.37. The van der Waals surface area contributed by atoms with E-state index in [-0.39, 0.29) is 11.9 Å². The van der Waals surface area contributed by atoms with Crippen molar-refractivity contribution >= 4 is 5.97 Å². The van der Waals surface area contributed by atoms with Crippen LogP contribution in [0.1, 0.15) is 26.2 Å². The summed E-state index contributed by atoms with van der Waals surface area (Å²) in [7, 11) is 1.47. The number of rotatable bonds is 1. The summed E-state index contributed by atoms with van der Waals surface area (Å²) in [5.74, 6) is 0.697. The number of carbonyl (C=O) groups excluding carboxylic acids is 1. The number of esters is 1. The normalized spacial score (nSPS) is 32.2. The Kier molecular flexibility index (Phi) is 2.30. The standard InChI is InChI=1S/C8H14O2/c1-6-4-3-5-7(6)8(9)10-2/h6-7H,3-5H2,1-2H3/t6-,7+/m1/s1. The number of hydrogen-bond acceptors (Lipinski definition) is 2. The van der Waals surface area contributed by atoms with Gasteiger partial charge in [0.05, 0.1) is 13.0 Å². The van der Waals surface area contributed by atoms with Gasteiger partial charge in [0.1, 0.15) is 0 Å². The van der Waals surface area contributed by atoms with Crippen LogP contribution in [0.3, 0.4) is 0 Å². The number of methoxy groups -OCH3 is 1. The molecule has 0 unspecified atom stereocenters. The zero-order valence-corrected chi connectivity index (χ0v) is 6.59. The predicted octanol–water partition coefficient (Wildman–Crippen LogP) is 1.60. The lowest BCUT2D eigenvalue weighted by Crippen LogP contribution is -2.17. The average Bonchev–Trinajstić information content (AvgIpc) is 2.34. The Balaban J connectivity index is 2.46. The monoisotopic (exact) mass is 142 g/mol. The van der Waals surface area contributed by atoms with Crippen LogP contribution in [0.15, 0.2) is 0 Å². The van der Waals surface area contributed by atoms with Gasteiger partial charge in [-0.1, -0.05) is 13.3 Å². The number of carbonyl (C=O) groups is 1. The van der Waals surface area contributed by atoms with Crippen molar-refractivity contribution in [3.63, 3.8) is 0 Å². The van der Waals surface area contributed by atoms with E-state index < -0.39 is 0 Å². The average molecular weight is 142 g/mol. The molecule has 1 rings (SSSR count). The molecular weight excluding hydrogens is 128 g/mol.